The molecule has 0 heterocycles. The molecule has 0 aliphatic heterocycles. The van der Waals surface area contributed by atoms with E-state index in [0.29, 0.717) is 24.0 Å². The molecular formula is C13H18BrNO3. The minimum atomic E-state index is -0.268. The number of rotatable bonds is 6. The third kappa shape index (κ3) is 3.91. The average Bonchev–Trinajstić information content (AvgIpc) is 2.37. The van der Waals surface area contributed by atoms with Crippen molar-refractivity contribution in [2.75, 3.05) is 18.4 Å². The van der Waals surface area contributed by atoms with E-state index in [-0.39, 0.29) is 17.4 Å². The van der Waals surface area contributed by atoms with Gasteiger partial charge in [0.2, 0.25) is 0 Å². The summed E-state index contributed by atoms with van der Waals surface area (Å²) in [6, 6.07) is 4.14. The zero-order chi connectivity index (χ0) is 13.5. The number of hydrogen-bond donors (Lipinski definition) is 2. The van der Waals surface area contributed by atoms with Gasteiger partial charge in [-0.25, -0.2) is 0 Å². The molecule has 0 unspecified atom stereocenters. The summed E-state index contributed by atoms with van der Waals surface area (Å²) in [6.45, 7) is 3.40. The summed E-state index contributed by atoms with van der Waals surface area (Å²) in [6.07, 6.45) is 1.97. The van der Waals surface area contributed by atoms with Crippen LogP contribution >= 0.6 is 15.9 Å². The SMILES string of the molecule is CCCCN(CCBr)C(=O)c1ccc(O)c(O)c1. The van der Waals surface area contributed by atoms with Crippen LogP contribution in [0.25, 0.3) is 0 Å². The van der Waals surface area contributed by atoms with Crippen molar-refractivity contribution in [2.24, 2.45) is 0 Å². The highest BCUT2D eigenvalue weighted by molar-refractivity contribution is 9.09. The van der Waals surface area contributed by atoms with Crippen molar-refractivity contribution in [3.8, 4) is 11.5 Å². The van der Waals surface area contributed by atoms with Crippen LogP contribution in [0.2, 0.25) is 0 Å². The normalized spacial score (nSPS) is 10.3. The third-order valence-electron chi connectivity index (χ3n) is 2.65. The van der Waals surface area contributed by atoms with E-state index in [9.17, 15) is 15.0 Å². The van der Waals surface area contributed by atoms with Crippen LogP contribution in [0.15, 0.2) is 18.2 Å². The van der Waals surface area contributed by atoms with Gasteiger partial charge in [-0.1, -0.05) is 29.3 Å². The number of carbonyl (C=O) groups is 1. The van der Waals surface area contributed by atoms with Gasteiger partial charge in [0.25, 0.3) is 5.91 Å². The molecule has 0 aromatic heterocycles. The van der Waals surface area contributed by atoms with Crippen LogP contribution in [0.3, 0.4) is 0 Å². The quantitative estimate of drug-likeness (QED) is 0.627. The van der Waals surface area contributed by atoms with Crippen molar-refractivity contribution in [2.45, 2.75) is 19.8 Å². The molecule has 100 valence electrons. The lowest BCUT2D eigenvalue weighted by Crippen LogP contribution is -2.33. The molecule has 18 heavy (non-hydrogen) atoms. The fourth-order valence-electron chi connectivity index (χ4n) is 1.60. The molecule has 0 saturated carbocycles. The maximum Gasteiger partial charge on any atom is 0.254 e. The fourth-order valence-corrected chi connectivity index (χ4v) is 2.03. The number of phenols is 2. The topological polar surface area (TPSA) is 60.8 Å². The molecular weight excluding hydrogens is 298 g/mol. The molecule has 5 heteroatoms. The van der Waals surface area contributed by atoms with E-state index in [4.69, 9.17) is 0 Å². The molecule has 0 aliphatic carbocycles. The van der Waals surface area contributed by atoms with Gasteiger partial charge < -0.3 is 15.1 Å². The van der Waals surface area contributed by atoms with Crippen LogP contribution in [0.4, 0.5) is 0 Å². The first-order chi connectivity index (χ1) is 8.60. The molecule has 0 fully saturated rings. The van der Waals surface area contributed by atoms with Crippen LogP contribution in [-0.4, -0.2) is 39.4 Å². The van der Waals surface area contributed by atoms with Gasteiger partial charge >= 0.3 is 0 Å². The standard InChI is InChI=1S/C13H18BrNO3/c1-2-3-7-15(8-6-14)13(18)10-4-5-11(16)12(17)9-10/h4-5,9,16-17H,2-3,6-8H2,1H3. The minimum Gasteiger partial charge on any atom is -0.504 e. The van der Waals surface area contributed by atoms with E-state index in [1.165, 1.54) is 18.2 Å². The van der Waals surface area contributed by atoms with Gasteiger partial charge in [0, 0.05) is 24.0 Å². The Kier molecular flexibility index (Phi) is 5.98. The highest BCUT2D eigenvalue weighted by atomic mass is 79.9. The van der Waals surface area contributed by atoms with Crippen LogP contribution in [-0.2, 0) is 0 Å². The second kappa shape index (κ2) is 7.26. The highest BCUT2D eigenvalue weighted by Gasteiger charge is 2.16. The maximum atomic E-state index is 12.2. The summed E-state index contributed by atoms with van der Waals surface area (Å²) in [7, 11) is 0. The molecule has 0 spiro atoms. The average molecular weight is 316 g/mol. The second-order valence-electron chi connectivity index (χ2n) is 4.04. The zero-order valence-electron chi connectivity index (χ0n) is 10.4. The number of aromatic hydroxyl groups is 2. The monoisotopic (exact) mass is 315 g/mol. The zero-order valence-corrected chi connectivity index (χ0v) is 12.0. The third-order valence-corrected chi connectivity index (χ3v) is 3.00. The number of amides is 1. The summed E-state index contributed by atoms with van der Waals surface area (Å²) in [4.78, 5) is 14.0. The largest absolute Gasteiger partial charge is 0.504 e. The molecule has 0 radical (unpaired) electrons. The number of phenolic OH excluding ortho intramolecular Hbond substituents is 2. The number of carbonyl (C=O) groups excluding carboxylic acids is 1. The molecule has 1 amide bonds. The lowest BCUT2D eigenvalue weighted by atomic mass is 10.1. The van der Waals surface area contributed by atoms with Crippen LogP contribution in [0.1, 0.15) is 30.1 Å². The number of nitrogens with zero attached hydrogens (tertiary/aromatic N) is 1. The second-order valence-corrected chi connectivity index (χ2v) is 4.83. The number of alkyl halides is 1. The molecule has 0 aliphatic rings. The van der Waals surface area contributed by atoms with Gasteiger partial charge in [0.05, 0.1) is 0 Å². The fraction of sp³-hybridized carbons (Fsp3) is 0.462. The van der Waals surface area contributed by atoms with E-state index < -0.39 is 0 Å². The molecule has 4 nitrogen and oxygen atoms in total. The lowest BCUT2D eigenvalue weighted by molar-refractivity contribution is 0.0764. The van der Waals surface area contributed by atoms with Crippen molar-refractivity contribution >= 4 is 21.8 Å². The molecule has 0 saturated heterocycles. The summed E-state index contributed by atoms with van der Waals surface area (Å²) >= 11 is 3.33. The molecule has 2 N–H and O–H groups in total. The van der Waals surface area contributed by atoms with Crippen molar-refractivity contribution in [1.82, 2.24) is 4.90 Å². The Balaban J connectivity index is 2.83. The van der Waals surface area contributed by atoms with E-state index >= 15 is 0 Å². The van der Waals surface area contributed by atoms with Gasteiger partial charge in [-0.05, 0) is 24.6 Å². The molecule has 1 aromatic rings. The lowest BCUT2D eigenvalue weighted by Gasteiger charge is -2.21. The van der Waals surface area contributed by atoms with E-state index in [1.54, 1.807) is 4.90 Å². The van der Waals surface area contributed by atoms with Gasteiger partial charge in [-0.2, -0.15) is 0 Å². The maximum absolute atomic E-state index is 12.2. The Morgan fingerprint density at radius 1 is 1.28 bits per heavy atom. The van der Waals surface area contributed by atoms with Crippen molar-refractivity contribution in [3.63, 3.8) is 0 Å². The smallest absolute Gasteiger partial charge is 0.254 e. The summed E-state index contributed by atoms with van der Waals surface area (Å²) in [5.74, 6) is -0.611. The Labute approximate surface area is 115 Å². The van der Waals surface area contributed by atoms with Crippen LogP contribution < -0.4 is 0 Å². The Bertz CT molecular complexity index is 409. The highest BCUT2D eigenvalue weighted by Crippen LogP contribution is 2.25. The minimum absolute atomic E-state index is 0.127. The Hall–Kier alpha value is -1.23. The van der Waals surface area contributed by atoms with Crippen LogP contribution in [0, 0.1) is 0 Å². The summed E-state index contributed by atoms with van der Waals surface area (Å²) in [5.41, 5.74) is 0.391. The molecule has 1 aromatic carbocycles. The first kappa shape index (κ1) is 14.8. The predicted octanol–water partition coefficient (Wildman–Crippen LogP) is 2.74. The van der Waals surface area contributed by atoms with Crippen molar-refractivity contribution in [3.05, 3.63) is 23.8 Å². The summed E-state index contributed by atoms with van der Waals surface area (Å²) in [5, 5.41) is 19.3. The summed E-state index contributed by atoms with van der Waals surface area (Å²) < 4.78 is 0. The van der Waals surface area contributed by atoms with Gasteiger partial charge in [-0.15, -0.1) is 0 Å². The Morgan fingerprint density at radius 2 is 2.00 bits per heavy atom. The van der Waals surface area contributed by atoms with Gasteiger partial charge in [0.1, 0.15) is 0 Å². The van der Waals surface area contributed by atoms with Crippen molar-refractivity contribution < 1.29 is 15.0 Å². The number of halogens is 1. The predicted molar refractivity (Wildman–Crippen MR) is 74.4 cm³/mol. The molecule has 1 rings (SSSR count). The van der Waals surface area contributed by atoms with E-state index in [0.717, 1.165) is 12.8 Å². The van der Waals surface area contributed by atoms with Crippen molar-refractivity contribution in [1.29, 1.82) is 0 Å². The first-order valence-corrected chi connectivity index (χ1v) is 7.09. The van der Waals surface area contributed by atoms with Gasteiger partial charge in [0.15, 0.2) is 11.5 Å². The Morgan fingerprint density at radius 3 is 2.56 bits per heavy atom. The van der Waals surface area contributed by atoms with E-state index in [1.807, 2.05) is 0 Å². The number of unbranched alkanes of at least 4 members (excludes halogenated alkanes) is 1. The van der Waals surface area contributed by atoms with Crippen LogP contribution in [0.5, 0.6) is 11.5 Å². The number of hydrogen-bond acceptors (Lipinski definition) is 3. The molecule has 0 atom stereocenters. The van der Waals surface area contributed by atoms with Gasteiger partial charge in [-0.3, -0.25) is 4.79 Å². The first-order valence-electron chi connectivity index (χ1n) is 5.97. The number of benzene rings is 1. The van der Waals surface area contributed by atoms with E-state index in [2.05, 4.69) is 22.9 Å². The molecule has 0 bridgehead atoms.